The van der Waals surface area contributed by atoms with Crippen LogP contribution in [0.15, 0.2) is 71.2 Å². The summed E-state index contributed by atoms with van der Waals surface area (Å²) in [5.41, 5.74) is 2.78. The first kappa shape index (κ1) is 20.6. The zero-order valence-electron chi connectivity index (χ0n) is 15.7. The summed E-state index contributed by atoms with van der Waals surface area (Å²) in [5, 5.41) is 14.4. The molecule has 0 bridgehead atoms. The molecule has 0 aliphatic heterocycles. The molecule has 1 N–H and O–H groups in total. The summed E-state index contributed by atoms with van der Waals surface area (Å²) in [5.74, 6) is 0.00477. The molecular weight excluding hydrogens is 441 g/mol. The Kier molecular flexibility index (Phi) is 5.70. The zero-order chi connectivity index (χ0) is 22.0. The van der Waals surface area contributed by atoms with E-state index in [1.165, 1.54) is 24.3 Å². The number of nitro groups is 1. The van der Waals surface area contributed by atoms with Crippen LogP contribution in [0.5, 0.6) is 0 Å². The Hall–Kier alpha value is -3.68. The topological polar surface area (TPSA) is 98.3 Å². The summed E-state index contributed by atoms with van der Waals surface area (Å²) in [6.07, 6.45) is 2.81. The Morgan fingerprint density at radius 1 is 1.10 bits per heavy atom. The quantitative estimate of drug-likeness (QED) is 0.215. The molecule has 0 saturated heterocycles. The smallest absolute Gasteiger partial charge is 0.270 e. The van der Waals surface area contributed by atoms with Crippen molar-refractivity contribution in [3.05, 3.63) is 92.5 Å². The van der Waals surface area contributed by atoms with Crippen molar-refractivity contribution in [1.82, 2.24) is 4.98 Å². The van der Waals surface area contributed by atoms with Crippen molar-refractivity contribution in [2.75, 3.05) is 5.32 Å². The molecule has 4 rings (SSSR count). The molecule has 3 aromatic carbocycles. The highest BCUT2D eigenvalue weighted by atomic mass is 35.5. The second-order valence-electron chi connectivity index (χ2n) is 6.51. The summed E-state index contributed by atoms with van der Waals surface area (Å²) in [4.78, 5) is 26.9. The molecule has 0 unspecified atom stereocenters. The molecule has 0 fully saturated rings. The third-order valence-corrected chi connectivity index (χ3v) is 4.82. The minimum Gasteiger partial charge on any atom is -0.435 e. The molecule has 0 atom stereocenters. The Morgan fingerprint density at radius 3 is 2.61 bits per heavy atom. The Bertz CT molecular complexity index is 1330. The van der Waals surface area contributed by atoms with E-state index in [4.69, 9.17) is 27.6 Å². The van der Waals surface area contributed by atoms with Crippen molar-refractivity contribution in [3.8, 4) is 11.5 Å². The van der Waals surface area contributed by atoms with Crippen molar-refractivity contribution in [1.29, 1.82) is 0 Å². The molecule has 4 aromatic rings. The average molecular weight is 454 g/mol. The molecule has 31 heavy (non-hydrogen) atoms. The number of hydrogen-bond acceptors (Lipinski definition) is 5. The van der Waals surface area contributed by atoms with Crippen LogP contribution in [0.1, 0.15) is 5.56 Å². The van der Waals surface area contributed by atoms with Crippen LogP contribution in [0.25, 0.3) is 28.6 Å². The first-order valence-corrected chi connectivity index (χ1v) is 9.74. The lowest BCUT2D eigenvalue weighted by atomic mass is 10.2. The lowest BCUT2D eigenvalue weighted by molar-refractivity contribution is -0.384. The molecule has 0 aliphatic rings. The van der Waals surface area contributed by atoms with Crippen LogP contribution in [-0.2, 0) is 4.79 Å². The molecule has 1 amide bonds. The number of carbonyl (C=O) groups is 1. The number of fused-ring (bicyclic) bond motifs is 1. The third-order valence-electron chi connectivity index (χ3n) is 4.32. The van der Waals surface area contributed by atoms with Crippen LogP contribution < -0.4 is 5.32 Å². The predicted octanol–water partition coefficient (Wildman–Crippen LogP) is 6.36. The Morgan fingerprint density at radius 2 is 1.87 bits per heavy atom. The molecule has 0 radical (unpaired) electrons. The van der Waals surface area contributed by atoms with Crippen LogP contribution in [0.3, 0.4) is 0 Å². The average Bonchev–Trinajstić information content (AvgIpc) is 3.17. The molecular formula is C22H13Cl2N3O4. The van der Waals surface area contributed by atoms with Gasteiger partial charge < -0.3 is 9.73 Å². The van der Waals surface area contributed by atoms with Gasteiger partial charge in [0.1, 0.15) is 5.52 Å². The fourth-order valence-corrected chi connectivity index (χ4v) is 3.40. The monoisotopic (exact) mass is 453 g/mol. The lowest BCUT2D eigenvalue weighted by Gasteiger charge is -2.03. The van der Waals surface area contributed by atoms with E-state index in [-0.39, 0.29) is 11.6 Å². The summed E-state index contributed by atoms with van der Waals surface area (Å²) in [6, 6.07) is 16.2. The minimum absolute atomic E-state index is 0.0408. The highest BCUT2D eigenvalue weighted by Crippen LogP contribution is 2.32. The molecule has 0 saturated carbocycles. The van der Waals surface area contributed by atoms with E-state index in [9.17, 15) is 14.9 Å². The van der Waals surface area contributed by atoms with Gasteiger partial charge >= 0.3 is 0 Å². The van der Waals surface area contributed by atoms with Crippen molar-refractivity contribution >= 4 is 57.7 Å². The largest absolute Gasteiger partial charge is 0.435 e. The number of anilines is 1. The van der Waals surface area contributed by atoms with E-state index in [0.717, 1.165) is 0 Å². The van der Waals surface area contributed by atoms with Gasteiger partial charge in [-0.05, 0) is 48.0 Å². The summed E-state index contributed by atoms with van der Waals surface area (Å²) in [7, 11) is 0. The van der Waals surface area contributed by atoms with Gasteiger partial charge in [-0.3, -0.25) is 14.9 Å². The maximum absolute atomic E-state index is 12.2. The minimum atomic E-state index is -0.488. The number of rotatable bonds is 5. The van der Waals surface area contributed by atoms with Gasteiger partial charge in [-0.15, -0.1) is 0 Å². The van der Waals surface area contributed by atoms with Gasteiger partial charge in [0.15, 0.2) is 5.58 Å². The number of carbonyl (C=O) groups excluding carboxylic acids is 1. The predicted molar refractivity (Wildman–Crippen MR) is 120 cm³/mol. The van der Waals surface area contributed by atoms with Gasteiger partial charge in [0.25, 0.3) is 5.69 Å². The number of halogens is 2. The van der Waals surface area contributed by atoms with E-state index in [1.54, 1.807) is 48.5 Å². The van der Waals surface area contributed by atoms with E-state index < -0.39 is 4.92 Å². The van der Waals surface area contributed by atoms with E-state index >= 15 is 0 Å². The molecule has 7 nitrogen and oxygen atoms in total. The van der Waals surface area contributed by atoms with Crippen LogP contribution >= 0.6 is 23.2 Å². The van der Waals surface area contributed by atoms with Crippen LogP contribution in [-0.4, -0.2) is 15.8 Å². The molecule has 0 spiro atoms. The Balaban J connectivity index is 1.46. The number of hydrogen-bond donors (Lipinski definition) is 1. The third kappa shape index (κ3) is 4.74. The summed E-state index contributed by atoms with van der Waals surface area (Å²) >= 11 is 12.1. The fourth-order valence-electron chi connectivity index (χ4n) is 2.88. The number of amides is 1. The van der Waals surface area contributed by atoms with E-state index in [1.807, 2.05) is 0 Å². The van der Waals surface area contributed by atoms with Crippen molar-refractivity contribution in [3.63, 3.8) is 0 Å². The summed E-state index contributed by atoms with van der Waals surface area (Å²) < 4.78 is 5.73. The lowest BCUT2D eigenvalue weighted by Crippen LogP contribution is -2.07. The number of nitrogens with zero attached hydrogens (tertiary/aromatic N) is 2. The second-order valence-corrected chi connectivity index (χ2v) is 7.35. The van der Waals surface area contributed by atoms with Gasteiger partial charge in [0, 0.05) is 34.5 Å². The first-order valence-electron chi connectivity index (χ1n) is 8.98. The molecule has 1 heterocycles. The number of non-ortho nitro benzene ring substituents is 1. The first-order chi connectivity index (χ1) is 14.9. The summed E-state index contributed by atoms with van der Waals surface area (Å²) in [6.45, 7) is 0. The van der Waals surface area contributed by atoms with Gasteiger partial charge in [-0.25, -0.2) is 4.98 Å². The molecule has 9 heteroatoms. The van der Waals surface area contributed by atoms with Crippen molar-refractivity contribution in [2.24, 2.45) is 0 Å². The molecule has 154 valence electrons. The number of nitro benzene ring substituents is 1. The van der Waals surface area contributed by atoms with E-state index in [2.05, 4.69) is 10.3 Å². The number of aromatic nitrogens is 1. The number of nitrogens with one attached hydrogen (secondary N) is 1. The maximum Gasteiger partial charge on any atom is 0.270 e. The van der Waals surface area contributed by atoms with Crippen LogP contribution in [0.4, 0.5) is 11.4 Å². The molecule has 0 aliphatic carbocycles. The zero-order valence-corrected chi connectivity index (χ0v) is 17.2. The highest BCUT2D eigenvalue weighted by molar-refractivity contribution is 6.38. The van der Waals surface area contributed by atoms with Gasteiger partial charge in [0.05, 0.1) is 9.95 Å². The molecule has 1 aromatic heterocycles. The standard InChI is InChI=1S/C22H13Cl2N3O4/c23-15-11-18(24)21-19(12-15)26-22(31-21)14-5-7-16(8-6-14)25-20(28)9-4-13-2-1-3-17(10-13)27(29)30/h1-12H,(H,25,28)/b9-4+. The normalized spacial score (nSPS) is 11.2. The van der Waals surface area contributed by atoms with Gasteiger partial charge in [0.2, 0.25) is 11.8 Å². The Labute approximate surface area is 186 Å². The number of oxazole rings is 1. The number of benzene rings is 3. The SMILES string of the molecule is O=C(/C=C/c1cccc([N+](=O)[O-])c1)Nc1ccc(-c2nc3cc(Cl)cc(Cl)c3o2)cc1. The van der Waals surface area contributed by atoms with Crippen molar-refractivity contribution in [2.45, 2.75) is 0 Å². The van der Waals surface area contributed by atoms with Crippen molar-refractivity contribution < 1.29 is 14.1 Å². The fraction of sp³-hybridized carbons (Fsp3) is 0. The van der Waals surface area contributed by atoms with Gasteiger partial charge in [-0.2, -0.15) is 0 Å². The second kappa shape index (κ2) is 8.59. The highest BCUT2D eigenvalue weighted by Gasteiger charge is 2.12. The van der Waals surface area contributed by atoms with E-state index in [0.29, 0.717) is 43.9 Å². The van der Waals surface area contributed by atoms with Crippen LogP contribution in [0.2, 0.25) is 10.0 Å². The maximum atomic E-state index is 12.2. The van der Waals surface area contributed by atoms with Crippen LogP contribution in [0, 0.1) is 10.1 Å². The van der Waals surface area contributed by atoms with Gasteiger partial charge in [-0.1, -0.05) is 35.3 Å².